The quantitative estimate of drug-likeness (QED) is 0.255. The number of ether oxygens (including phenoxy) is 2. The fourth-order valence-corrected chi connectivity index (χ4v) is 6.84. The Morgan fingerprint density at radius 3 is 2.34 bits per heavy atom. The van der Waals surface area contributed by atoms with Crippen LogP contribution in [-0.2, 0) is 14.3 Å². The van der Waals surface area contributed by atoms with Gasteiger partial charge in [-0.2, -0.15) is 0 Å². The van der Waals surface area contributed by atoms with Gasteiger partial charge in [-0.1, -0.05) is 13.8 Å². The molecule has 2 aliphatic rings. The van der Waals surface area contributed by atoms with Crippen LogP contribution >= 0.6 is 0 Å². The number of aromatic nitrogens is 3. The fraction of sp³-hybridized carbons (Fsp3) is 0.657. The number of aliphatic carboxylic acids is 2. The molecule has 2 aromatic rings. The highest BCUT2D eigenvalue weighted by atomic mass is 19.1. The Morgan fingerprint density at radius 2 is 1.76 bits per heavy atom. The van der Waals surface area contributed by atoms with Crippen LogP contribution < -0.4 is 9.64 Å². The van der Waals surface area contributed by atoms with Gasteiger partial charge in [0.05, 0.1) is 11.7 Å². The molecule has 2 atom stereocenters. The molecule has 1 aromatic heterocycles. The minimum atomic E-state index is -1.82. The van der Waals surface area contributed by atoms with E-state index in [1.807, 2.05) is 20.8 Å². The second-order valence-corrected chi connectivity index (χ2v) is 14.0. The van der Waals surface area contributed by atoms with Crippen LogP contribution in [0.25, 0.3) is 0 Å². The van der Waals surface area contributed by atoms with Gasteiger partial charge in [0.1, 0.15) is 17.9 Å². The number of amides is 1. The molecule has 2 N–H and O–H groups in total. The number of halogens is 1. The molecule has 14 nitrogen and oxygen atoms in total. The molecule has 0 saturated carbocycles. The van der Waals surface area contributed by atoms with Crippen molar-refractivity contribution in [3.63, 3.8) is 0 Å². The molecular formula is C35H54FN7O7. The summed E-state index contributed by atoms with van der Waals surface area (Å²) in [5.41, 5.74) is 0.361. The zero-order valence-electron chi connectivity index (χ0n) is 30.6. The summed E-state index contributed by atoms with van der Waals surface area (Å²) in [6.45, 7) is 18.9. The molecule has 0 bridgehead atoms. The molecule has 2 fully saturated rings. The number of anilines is 1. The lowest BCUT2D eigenvalue weighted by molar-refractivity contribution is -0.159. The van der Waals surface area contributed by atoms with Crippen molar-refractivity contribution in [2.24, 2.45) is 11.3 Å². The largest absolute Gasteiger partial charge is 0.473 e. The van der Waals surface area contributed by atoms with Crippen LogP contribution in [0, 0.1) is 17.2 Å². The number of carbonyl (C=O) groups is 3. The minimum Gasteiger partial charge on any atom is -0.473 e. The van der Waals surface area contributed by atoms with E-state index in [-0.39, 0.29) is 40.7 Å². The van der Waals surface area contributed by atoms with Gasteiger partial charge in [-0.3, -0.25) is 9.69 Å². The second-order valence-electron chi connectivity index (χ2n) is 14.0. The Kier molecular flexibility index (Phi) is 14.8. The third-order valence-electron chi connectivity index (χ3n) is 9.42. The Bertz CT molecular complexity index is 1430. The van der Waals surface area contributed by atoms with Crippen LogP contribution in [0.2, 0.25) is 0 Å². The van der Waals surface area contributed by atoms with E-state index in [1.165, 1.54) is 37.4 Å². The topological polar surface area (TPSA) is 162 Å². The summed E-state index contributed by atoms with van der Waals surface area (Å²) in [5.74, 6) is -2.78. The van der Waals surface area contributed by atoms with Crippen molar-refractivity contribution < 1.29 is 38.5 Å². The molecule has 0 radical (unpaired) electrons. The van der Waals surface area contributed by atoms with Crippen molar-refractivity contribution >= 4 is 23.7 Å². The highest BCUT2D eigenvalue weighted by Crippen LogP contribution is 2.44. The lowest BCUT2D eigenvalue weighted by Gasteiger charge is -2.53. The first-order valence-corrected chi connectivity index (χ1v) is 17.2. The molecule has 50 heavy (non-hydrogen) atoms. The average Bonchev–Trinajstić information content (AvgIpc) is 3.49. The SMILES string of the molecule is CCN(C(=O)c1cc(F)ccc1Oc1nncnc1N1CCC2(C1)CN([C@H](CCCN(C)C[C@@H](C)OC)C(C)C)C2)C(C)C.O=C(O)C(=O)O. The molecule has 0 unspecified atom stereocenters. The summed E-state index contributed by atoms with van der Waals surface area (Å²) in [4.78, 5) is 45.0. The number of nitrogens with zero attached hydrogens (tertiary/aromatic N) is 7. The molecule has 1 amide bonds. The van der Waals surface area contributed by atoms with Gasteiger partial charge in [-0.05, 0) is 84.7 Å². The van der Waals surface area contributed by atoms with Gasteiger partial charge in [0, 0.05) is 63.9 Å². The van der Waals surface area contributed by atoms with Gasteiger partial charge >= 0.3 is 11.9 Å². The summed E-state index contributed by atoms with van der Waals surface area (Å²) in [7, 11) is 3.94. The number of carbonyl (C=O) groups excluding carboxylic acids is 1. The van der Waals surface area contributed by atoms with Crippen LogP contribution in [0.4, 0.5) is 10.2 Å². The van der Waals surface area contributed by atoms with E-state index >= 15 is 0 Å². The van der Waals surface area contributed by atoms with E-state index in [4.69, 9.17) is 29.3 Å². The van der Waals surface area contributed by atoms with Gasteiger partial charge in [0.25, 0.3) is 11.8 Å². The molecule has 0 aliphatic carbocycles. The number of likely N-dealkylation sites (N-methyl/N-ethyl adjacent to an activating group) is 1. The molecule has 1 spiro atoms. The van der Waals surface area contributed by atoms with E-state index in [2.05, 4.69) is 57.7 Å². The van der Waals surface area contributed by atoms with Crippen LogP contribution in [0.15, 0.2) is 24.5 Å². The second kappa shape index (κ2) is 18.3. The molecular weight excluding hydrogens is 649 g/mol. The molecule has 4 rings (SSSR count). The summed E-state index contributed by atoms with van der Waals surface area (Å²) >= 11 is 0. The van der Waals surface area contributed by atoms with Crippen molar-refractivity contribution in [3.05, 3.63) is 35.9 Å². The number of hydrogen-bond acceptors (Lipinski definition) is 11. The van der Waals surface area contributed by atoms with E-state index < -0.39 is 17.8 Å². The fourth-order valence-electron chi connectivity index (χ4n) is 6.84. The molecule has 2 saturated heterocycles. The van der Waals surface area contributed by atoms with Crippen molar-refractivity contribution in [1.82, 2.24) is 29.9 Å². The number of benzene rings is 1. The Balaban J connectivity index is 0.00000103. The Hall–Kier alpha value is -3.95. The standard InChI is InChI=1S/C33H52FN7O3.C2H2O4/c1-9-41(24(4)5)32(42)27-17-26(34)12-13-29(27)44-31-30(35-22-36-37-31)39-16-14-33(19-39)20-40(21-33)28(23(2)3)11-10-15-38(7)18-25(6)43-8;3-1(4)2(5)6/h12-13,17,22-25,28H,9-11,14-16,18-21H2,1-8H3;(H,3,4)(H,5,6)/t25-,28-;/m1./s1. The summed E-state index contributed by atoms with van der Waals surface area (Å²) in [5, 5.41) is 23.0. The zero-order valence-corrected chi connectivity index (χ0v) is 30.6. The molecule has 15 heteroatoms. The highest BCUT2D eigenvalue weighted by Gasteiger charge is 2.50. The maximum Gasteiger partial charge on any atom is 0.414 e. The first kappa shape index (κ1) is 40.5. The van der Waals surface area contributed by atoms with Crippen molar-refractivity contribution in [2.75, 3.05) is 64.9 Å². The lowest BCUT2D eigenvalue weighted by Crippen LogP contribution is -2.62. The molecule has 2 aliphatic heterocycles. The third kappa shape index (κ3) is 10.8. The number of carboxylic acid groups (broad SMARTS) is 2. The first-order chi connectivity index (χ1) is 23.6. The average molecular weight is 704 g/mol. The van der Waals surface area contributed by atoms with Crippen molar-refractivity contribution in [1.29, 1.82) is 0 Å². The Morgan fingerprint density at radius 1 is 1.08 bits per heavy atom. The smallest absolute Gasteiger partial charge is 0.414 e. The number of hydrogen-bond donors (Lipinski definition) is 2. The normalized spacial score (nSPS) is 16.6. The summed E-state index contributed by atoms with van der Waals surface area (Å²) < 4.78 is 25.9. The van der Waals surface area contributed by atoms with Gasteiger partial charge in [-0.25, -0.2) is 19.0 Å². The van der Waals surface area contributed by atoms with Crippen LogP contribution in [0.5, 0.6) is 11.6 Å². The van der Waals surface area contributed by atoms with Crippen molar-refractivity contribution in [3.8, 4) is 11.6 Å². The summed E-state index contributed by atoms with van der Waals surface area (Å²) in [6.07, 6.45) is 5.08. The van der Waals surface area contributed by atoms with E-state index in [1.54, 1.807) is 12.0 Å². The van der Waals surface area contributed by atoms with E-state index in [9.17, 15) is 9.18 Å². The van der Waals surface area contributed by atoms with Crippen molar-refractivity contribution in [2.45, 2.75) is 79.0 Å². The molecule has 278 valence electrons. The van der Waals surface area contributed by atoms with Crippen LogP contribution in [0.3, 0.4) is 0 Å². The van der Waals surface area contributed by atoms with E-state index in [0.29, 0.717) is 24.3 Å². The molecule has 1 aromatic carbocycles. The number of methoxy groups -OCH3 is 1. The van der Waals surface area contributed by atoms with Gasteiger partial charge in [-0.15, -0.1) is 10.2 Å². The number of rotatable bonds is 15. The van der Waals surface area contributed by atoms with Crippen LogP contribution in [0.1, 0.15) is 71.2 Å². The maximum absolute atomic E-state index is 14.3. The summed E-state index contributed by atoms with van der Waals surface area (Å²) in [6, 6.07) is 4.51. The zero-order chi connectivity index (χ0) is 37.2. The van der Waals surface area contributed by atoms with Crippen LogP contribution in [-0.4, -0.2) is 136 Å². The third-order valence-corrected chi connectivity index (χ3v) is 9.42. The lowest BCUT2D eigenvalue weighted by atomic mass is 9.76. The molecule has 3 heterocycles. The number of likely N-dealkylation sites (tertiary alicyclic amines) is 1. The predicted molar refractivity (Wildman–Crippen MR) is 186 cm³/mol. The Labute approximate surface area is 294 Å². The van der Waals surface area contributed by atoms with Gasteiger partial charge < -0.3 is 34.4 Å². The van der Waals surface area contributed by atoms with Gasteiger partial charge in [0.15, 0.2) is 5.82 Å². The first-order valence-electron chi connectivity index (χ1n) is 17.2. The van der Waals surface area contributed by atoms with Gasteiger partial charge in [0.2, 0.25) is 0 Å². The monoisotopic (exact) mass is 703 g/mol. The highest BCUT2D eigenvalue weighted by molar-refractivity contribution is 6.27. The maximum atomic E-state index is 14.3. The minimum absolute atomic E-state index is 0.0402. The predicted octanol–water partition coefficient (Wildman–Crippen LogP) is 4.11. The number of carboxylic acids is 2. The van der Waals surface area contributed by atoms with E-state index in [0.717, 1.165) is 45.7 Å².